The lowest BCUT2D eigenvalue weighted by molar-refractivity contribution is -0.117. The molecule has 2 N–H and O–H groups in total. The fourth-order valence-corrected chi connectivity index (χ4v) is 6.76. The van der Waals surface area contributed by atoms with Crippen molar-refractivity contribution in [2.75, 3.05) is 18.2 Å². The number of nitrogens with two attached hydrogens (primary N) is 1. The third kappa shape index (κ3) is 5.85. The Balaban J connectivity index is 1.80. The first-order valence-electron chi connectivity index (χ1n) is 10.9. The van der Waals surface area contributed by atoms with Gasteiger partial charge in [0.25, 0.3) is 0 Å². The molecule has 3 rings (SSSR count). The monoisotopic (exact) mass is 537 g/mol. The molecule has 3 aromatic rings. The molecule has 0 radical (unpaired) electrons. The van der Waals surface area contributed by atoms with E-state index in [4.69, 9.17) is 9.88 Å². The molecule has 0 bridgehead atoms. The number of aryl methyl sites for hydroxylation is 1. The number of ether oxygens (including phenoxy) is 1. The van der Waals surface area contributed by atoms with E-state index >= 15 is 0 Å². The Morgan fingerprint density at radius 2 is 1.75 bits per heavy atom. The molecule has 1 aromatic heterocycles. The smallest absolute Gasteiger partial charge is 0.393 e. The number of thiazole rings is 1. The molecule has 11 heteroatoms. The molecular formula is C25H29F2N3O4S2. The summed E-state index contributed by atoms with van der Waals surface area (Å²) in [5, 5.41) is 5.31. The topological polar surface area (TPSA) is 103 Å². The molecule has 0 atom stereocenters. The SMILES string of the molecule is Cc1nc(N(C)C(=O)Cc2ccc(-c3cc(F)ccc3F)cc2)sc1S(C)(N)(=O)C(=O)OC(C)(C)C. The highest BCUT2D eigenvalue weighted by atomic mass is 32.3. The van der Waals surface area contributed by atoms with Crippen molar-refractivity contribution in [3.05, 3.63) is 65.4 Å². The zero-order valence-electron chi connectivity index (χ0n) is 20.9. The van der Waals surface area contributed by atoms with Crippen molar-refractivity contribution in [2.24, 2.45) is 5.14 Å². The summed E-state index contributed by atoms with van der Waals surface area (Å²) in [7, 11) is -3.05. The minimum atomic E-state index is -4.57. The lowest BCUT2D eigenvalue weighted by atomic mass is 10.0. The van der Waals surface area contributed by atoms with Gasteiger partial charge in [-0.3, -0.25) is 19.0 Å². The molecule has 7 nitrogen and oxygen atoms in total. The Morgan fingerprint density at radius 1 is 1.14 bits per heavy atom. The van der Waals surface area contributed by atoms with Gasteiger partial charge >= 0.3 is 5.30 Å². The van der Waals surface area contributed by atoms with Crippen LogP contribution in [-0.2, 0) is 25.2 Å². The maximum atomic E-state index is 14.0. The van der Waals surface area contributed by atoms with Gasteiger partial charge in [-0.15, -0.1) is 0 Å². The van der Waals surface area contributed by atoms with Crippen LogP contribution >= 0.6 is 11.3 Å². The fourth-order valence-electron chi connectivity index (χ4n) is 3.33. The summed E-state index contributed by atoms with van der Waals surface area (Å²) in [6.45, 7) is 6.50. The van der Waals surface area contributed by atoms with Crippen molar-refractivity contribution >= 4 is 36.9 Å². The highest BCUT2D eigenvalue weighted by molar-refractivity contribution is 8.30. The number of likely N-dealkylation sites (N-methyl/N-ethyl adjacent to an activating group) is 1. The summed E-state index contributed by atoms with van der Waals surface area (Å²) in [4.78, 5) is 31.3. The van der Waals surface area contributed by atoms with Gasteiger partial charge in [-0.05, 0) is 57.0 Å². The first kappa shape index (κ1) is 27.6. The van der Waals surface area contributed by atoms with Gasteiger partial charge in [-0.1, -0.05) is 35.6 Å². The van der Waals surface area contributed by atoms with E-state index in [2.05, 4.69) is 4.98 Å². The van der Waals surface area contributed by atoms with Crippen molar-refractivity contribution < 1.29 is 27.3 Å². The van der Waals surface area contributed by atoms with Crippen LogP contribution in [-0.4, -0.2) is 39.3 Å². The number of hydrogen-bond acceptors (Lipinski definition) is 6. The van der Waals surface area contributed by atoms with Gasteiger partial charge in [0.2, 0.25) is 5.91 Å². The van der Waals surface area contributed by atoms with E-state index in [0.29, 0.717) is 11.1 Å². The Hall–Kier alpha value is -3.02. The molecule has 1 heterocycles. The third-order valence-corrected chi connectivity index (χ3v) is 9.87. The normalized spacial score (nSPS) is 13.1. The van der Waals surface area contributed by atoms with E-state index in [-0.39, 0.29) is 32.9 Å². The van der Waals surface area contributed by atoms with Crippen molar-refractivity contribution in [3.63, 3.8) is 0 Å². The number of hydrogen-bond donors (Lipinski definition) is 1. The predicted octanol–water partition coefficient (Wildman–Crippen LogP) is 5.22. The molecular weight excluding hydrogens is 508 g/mol. The van der Waals surface area contributed by atoms with Crippen LogP contribution in [0.3, 0.4) is 0 Å². The summed E-state index contributed by atoms with van der Waals surface area (Å²) < 4.78 is 46.5. The summed E-state index contributed by atoms with van der Waals surface area (Å²) in [5.41, 5.74) is 0.625. The number of carbonyl (C=O) groups excluding carboxylic acids is 2. The van der Waals surface area contributed by atoms with Gasteiger partial charge in [0.05, 0.1) is 21.4 Å². The molecule has 0 aliphatic rings. The maximum Gasteiger partial charge on any atom is 0.393 e. The Kier molecular flexibility index (Phi) is 7.24. The Bertz CT molecular complexity index is 1390. The first-order chi connectivity index (χ1) is 16.5. The molecule has 194 valence electrons. The summed E-state index contributed by atoms with van der Waals surface area (Å²) >= 11 is 0.896. The van der Waals surface area contributed by atoms with Crippen molar-refractivity contribution in [3.8, 4) is 11.1 Å². The van der Waals surface area contributed by atoms with Crippen molar-refractivity contribution in [1.82, 2.24) is 4.98 Å². The highest BCUT2D eigenvalue weighted by Gasteiger charge is 2.45. The molecule has 0 unspecified atom stereocenters. The number of halogens is 2. The number of benzene rings is 2. The van der Waals surface area contributed by atoms with Crippen LogP contribution in [0.5, 0.6) is 0 Å². The quantitative estimate of drug-likeness (QED) is 0.450. The summed E-state index contributed by atoms with van der Waals surface area (Å²) in [5.74, 6) is -1.42. The molecule has 1 amide bonds. The van der Waals surface area contributed by atoms with E-state index < -0.39 is 31.8 Å². The lowest BCUT2D eigenvalue weighted by Crippen LogP contribution is -2.51. The lowest BCUT2D eigenvalue weighted by Gasteiger charge is -2.33. The molecule has 0 saturated heterocycles. The second-order valence-electron chi connectivity index (χ2n) is 9.70. The van der Waals surface area contributed by atoms with Crippen LogP contribution in [0, 0.1) is 18.6 Å². The number of nitrogens with zero attached hydrogens (tertiary/aromatic N) is 2. The second-order valence-corrected chi connectivity index (χ2v) is 14.5. The highest BCUT2D eigenvalue weighted by Crippen LogP contribution is 2.40. The van der Waals surface area contributed by atoms with E-state index in [9.17, 15) is 22.6 Å². The van der Waals surface area contributed by atoms with E-state index in [1.54, 1.807) is 52.0 Å². The Labute approximate surface area is 212 Å². The minimum Gasteiger partial charge on any atom is -0.450 e. The van der Waals surface area contributed by atoms with Crippen LogP contribution in [0.15, 0.2) is 46.7 Å². The average molecular weight is 538 g/mol. The zero-order chi connectivity index (χ0) is 27.1. The van der Waals surface area contributed by atoms with E-state index in [1.165, 1.54) is 11.9 Å². The van der Waals surface area contributed by atoms with Crippen LogP contribution in [0.2, 0.25) is 0 Å². The second kappa shape index (κ2) is 9.45. The van der Waals surface area contributed by atoms with Crippen molar-refractivity contribution in [2.45, 2.75) is 43.9 Å². The number of aromatic nitrogens is 1. The van der Waals surface area contributed by atoms with Gasteiger partial charge in [-0.25, -0.2) is 18.6 Å². The molecule has 0 aliphatic heterocycles. The molecule has 0 aliphatic carbocycles. The Morgan fingerprint density at radius 3 is 2.33 bits per heavy atom. The van der Waals surface area contributed by atoms with Gasteiger partial charge in [0.15, 0.2) is 5.13 Å². The van der Waals surface area contributed by atoms with Crippen LogP contribution in [0.4, 0.5) is 18.7 Å². The van der Waals surface area contributed by atoms with Crippen LogP contribution in [0.1, 0.15) is 32.0 Å². The standard InChI is InChI=1S/C25H29F2N3O4S2/c1-15-22(36(6,28,33)24(32)34-25(2,3)4)35-23(29-15)30(5)21(31)13-16-7-9-17(10-8-16)19-14-18(26)11-12-20(19)27/h7-12,14H,13H2,1-6H3,(H2,28,33). The average Bonchev–Trinajstić information content (AvgIpc) is 3.17. The molecule has 36 heavy (non-hydrogen) atoms. The number of amides is 1. The summed E-state index contributed by atoms with van der Waals surface area (Å²) in [6.07, 6.45) is 1.14. The van der Waals surface area contributed by atoms with E-state index in [1.807, 2.05) is 0 Å². The molecule has 0 spiro atoms. The van der Waals surface area contributed by atoms with Crippen molar-refractivity contribution in [1.29, 1.82) is 0 Å². The largest absolute Gasteiger partial charge is 0.450 e. The zero-order valence-corrected chi connectivity index (χ0v) is 22.6. The fraction of sp³-hybridized carbons (Fsp3) is 0.320. The predicted molar refractivity (Wildman–Crippen MR) is 139 cm³/mol. The van der Waals surface area contributed by atoms with Gasteiger partial charge < -0.3 is 4.74 Å². The first-order valence-corrected chi connectivity index (χ1v) is 14.2. The van der Waals surface area contributed by atoms with Crippen LogP contribution in [0.25, 0.3) is 11.1 Å². The van der Waals surface area contributed by atoms with Gasteiger partial charge in [0.1, 0.15) is 21.4 Å². The maximum absolute atomic E-state index is 14.0. The van der Waals surface area contributed by atoms with Crippen LogP contribution < -0.4 is 10.0 Å². The number of rotatable bonds is 5. The number of carbonyl (C=O) groups is 2. The molecule has 0 saturated carbocycles. The van der Waals surface area contributed by atoms with Gasteiger partial charge in [0, 0.05) is 18.9 Å². The summed E-state index contributed by atoms with van der Waals surface area (Å²) in [6, 6.07) is 9.74. The third-order valence-electron chi connectivity index (χ3n) is 5.22. The molecule has 2 aromatic carbocycles. The number of anilines is 1. The van der Waals surface area contributed by atoms with Gasteiger partial charge in [-0.2, -0.15) is 0 Å². The minimum absolute atomic E-state index is 0.00363. The molecule has 0 fully saturated rings. The van der Waals surface area contributed by atoms with E-state index in [0.717, 1.165) is 35.8 Å².